The van der Waals surface area contributed by atoms with Crippen LogP contribution in [-0.4, -0.2) is 0 Å². The predicted octanol–water partition coefficient (Wildman–Crippen LogP) is 14.3. The van der Waals surface area contributed by atoms with E-state index < -0.39 is 0 Å². The summed E-state index contributed by atoms with van der Waals surface area (Å²) in [6.45, 7) is 9.48. The highest BCUT2D eigenvalue weighted by Crippen LogP contribution is 2.53. The van der Waals surface area contributed by atoms with Gasteiger partial charge < -0.3 is 4.90 Å². The minimum atomic E-state index is -0.142. The van der Waals surface area contributed by atoms with Gasteiger partial charge in [0, 0.05) is 27.9 Å². The molecular formula is C52H41N. The second kappa shape index (κ2) is 11.7. The lowest BCUT2D eigenvalue weighted by Crippen LogP contribution is -2.24. The van der Waals surface area contributed by atoms with E-state index in [4.69, 9.17) is 0 Å². The van der Waals surface area contributed by atoms with Crippen molar-refractivity contribution in [3.8, 4) is 44.5 Å². The van der Waals surface area contributed by atoms with Crippen molar-refractivity contribution >= 4 is 27.8 Å². The number of hydrogen-bond donors (Lipinski definition) is 0. The molecule has 10 rings (SSSR count). The normalized spacial score (nSPS) is 14.3. The second-order valence-electron chi connectivity index (χ2n) is 15.8. The summed E-state index contributed by atoms with van der Waals surface area (Å²) >= 11 is 0. The van der Waals surface area contributed by atoms with Crippen molar-refractivity contribution in [1.29, 1.82) is 0 Å². The van der Waals surface area contributed by atoms with E-state index in [1.54, 1.807) is 0 Å². The van der Waals surface area contributed by atoms with Gasteiger partial charge in [-0.15, -0.1) is 0 Å². The van der Waals surface area contributed by atoms with Crippen LogP contribution in [0.25, 0.3) is 55.3 Å². The Labute approximate surface area is 312 Å². The highest BCUT2D eigenvalue weighted by Gasteiger charge is 2.37. The molecule has 0 aliphatic heterocycles. The first-order valence-corrected chi connectivity index (χ1v) is 18.8. The summed E-state index contributed by atoms with van der Waals surface area (Å²) in [5.74, 6) is 0. The number of hydrogen-bond acceptors (Lipinski definition) is 1. The predicted molar refractivity (Wildman–Crippen MR) is 225 cm³/mol. The molecule has 0 heterocycles. The van der Waals surface area contributed by atoms with Crippen LogP contribution in [0.4, 0.5) is 17.1 Å². The van der Waals surface area contributed by atoms with Crippen molar-refractivity contribution in [2.24, 2.45) is 0 Å². The molecule has 2 aliphatic rings. The molecule has 0 aromatic heterocycles. The maximum atomic E-state index is 2.43. The Bertz CT molecular complexity index is 2700. The van der Waals surface area contributed by atoms with E-state index in [0.717, 1.165) is 11.4 Å². The maximum Gasteiger partial charge on any atom is 0.0465 e. The smallest absolute Gasteiger partial charge is 0.0465 e. The van der Waals surface area contributed by atoms with Crippen LogP contribution < -0.4 is 4.90 Å². The molecule has 1 heteroatoms. The average molecular weight is 680 g/mol. The first-order valence-electron chi connectivity index (χ1n) is 18.8. The van der Waals surface area contributed by atoms with Gasteiger partial charge in [-0.2, -0.15) is 0 Å². The zero-order chi connectivity index (χ0) is 35.9. The van der Waals surface area contributed by atoms with Crippen LogP contribution in [0.2, 0.25) is 0 Å². The Balaban J connectivity index is 1.11. The fourth-order valence-electron chi connectivity index (χ4n) is 9.30. The molecule has 1 nitrogen and oxygen atoms in total. The third-order valence-corrected chi connectivity index (χ3v) is 12.1. The van der Waals surface area contributed by atoms with Crippen LogP contribution in [0.5, 0.6) is 0 Å². The molecule has 53 heavy (non-hydrogen) atoms. The first-order chi connectivity index (χ1) is 25.8. The fourth-order valence-corrected chi connectivity index (χ4v) is 9.30. The Morgan fingerprint density at radius 2 is 0.906 bits per heavy atom. The topological polar surface area (TPSA) is 3.24 Å². The quantitative estimate of drug-likeness (QED) is 0.175. The van der Waals surface area contributed by atoms with Gasteiger partial charge in [-0.05, 0) is 120 Å². The summed E-state index contributed by atoms with van der Waals surface area (Å²) in [6, 6.07) is 65.2. The molecule has 0 saturated heterocycles. The van der Waals surface area contributed by atoms with Crippen LogP contribution in [0.1, 0.15) is 49.9 Å². The SMILES string of the molecule is CC1(C)c2ccccc2-c2ccc(N(c3ccccc3)c3ccc(-c4ccc5cccc6c5c4-c4ccc(-c5ccccc5)cc4C6(C)C)cc3)cc21. The van der Waals surface area contributed by atoms with Crippen molar-refractivity contribution in [2.75, 3.05) is 4.90 Å². The first kappa shape index (κ1) is 31.5. The molecule has 0 spiro atoms. The van der Waals surface area contributed by atoms with Gasteiger partial charge in [0.1, 0.15) is 0 Å². The third-order valence-electron chi connectivity index (χ3n) is 12.1. The molecule has 0 amide bonds. The second-order valence-corrected chi connectivity index (χ2v) is 15.8. The summed E-state index contributed by atoms with van der Waals surface area (Å²) in [6.07, 6.45) is 0. The number of anilines is 3. The van der Waals surface area contributed by atoms with Gasteiger partial charge in [-0.1, -0.05) is 161 Å². The van der Waals surface area contributed by atoms with Crippen molar-refractivity contribution in [1.82, 2.24) is 0 Å². The molecule has 0 bridgehead atoms. The van der Waals surface area contributed by atoms with Crippen LogP contribution in [0, 0.1) is 0 Å². The molecule has 254 valence electrons. The van der Waals surface area contributed by atoms with E-state index in [9.17, 15) is 0 Å². The Morgan fingerprint density at radius 1 is 0.340 bits per heavy atom. The third kappa shape index (κ3) is 4.77. The standard InChI is InChI=1S/C52H41N/c1-51(2)45-20-12-11-19-42(45)43-31-28-40(33-48(43)51)53(38-17-9-6-10-18-38)39-26-22-35(23-27-39)41-29-24-36-16-13-21-46-49(36)50(41)44-30-25-37(32-47(44)52(46,3)4)34-14-7-5-8-15-34/h5-33H,1-4H3. The van der Waals surface area contributed by atoms with Gasteiger partial charge in [0.25, 0.3) is 0 Å². The molecule has 8 aromatic carbocycles. The monoisotopic (exact) mass is 679 g/mol. The molecule has 0 saturated carbocycles. The van der Waals surface area contributed by atoms with Crippen molar-refractivity contribution in [2.45, 2.75) is 38.5 Å². The summed E-state index contributed by atoms with van der Waals surface area (Å²) in [5.41, 5.74) is 19.1. The highest BCUT2D eigenvalue weighted by atomic mass is 15.1. The Hall–Kier alpha value is -6.18. The minimum Gasteiger partial charge on any atom is -0.310 e. The van der Waals surface area contributed by atoms with Crippen LogP contribution in [0.3, 0.4) is 0 Å². The molecule has 0 unspecified atom stereocenters. The zero-order valence-corrected chi connectivity index (χ0v) is 30.7. The van der Waals surface area contributed by atoms with Crippen LogP contribution in [-0.2, 0) is 10.8 Å². The van der Waals surface area contributed by atoms with E-state index in [2.05, 4.69) is 209 Å². The van der Waals surface area contributed by atoms with Crippen LogP contribution >= 0.6 is 0 Å². The maximum absolute atomic E-state index is 2.43. The highest BCUT2D eigenvalue weighted by molar-refractivity contribution is 6.09. The van der Waals surface area contributed by atoms with E-state index in [1.165, 1.54) is 83.2 Å². The molecule has 0 N–H and O–H groups in total. The number of nitrogens with zero attached hydrogens (tertiary/aromatic N) is 1. The van der Waals surface area contributed by atoms with Crippen molar-refractivity contribution < 1.29 is 0 Å². The lowest BCUT2D eigenvalue weighted by atomic mass is 9.67. The summed E-state index contributed by atoms with van der Waals surface area (Å²) in [4.78, 5) is 2.40. The fraction of sp³-hybridized carbons (Fsp3) is 0.115. The van der Waals surface area contributed by atoms with E-state index in [1.807, 2.05) is 0 Å². The molecular weight excluding hydrogens is 639 g/mol. The Kier molecular flexibility index (Phi) is 6.94. The number of fused-ring (bicyclic) bond motifs is 5. The zero-order valence-electron chi connectivity index (χ0n) is 30.7. The van der Waals surface area contributed by atoms with Gasteiger partial charge in [-0.3, -0.25) is 0 Å². The Morgan fingerprint density at radius 3 is 1.70 bits per heavy atom. The van der Waals surface area contributed by atoms with Gasteiger partial charge >= 0.3 is 0 Å². The van der Waals surface area contributed by atoms with E-state index >= 15 is 0 Å². The van der Waals surface area contributed by atoms with E-state index in [0.29, 0.717) is 0 Å². The lowest BCUT2D eigenvalue weighted by Gasteiger charge is -2.36. The summed E-state index contributed by atoms with van der Waals surface area (Å²) < 4.78 is 0. The minimum absolute atomic E-state index is 0.0722. The van der Waals surface area contributed by atoms with Crippen LogP contribution in [0.15, 0.2) is 176 Å². The summed E-state index contributed by atoms with van der Waals surface area (Å²) in [5, 5.41) is 2.66. The molecule has 2 aliphatic carbocycles. The largest absolute Gasteiger partial charge is 0.310 e. The van der Waals surface area contributed by atoms with Crippen molar-refractivity contribution in [3.05, 3.63) is 198 Å². The van der Waals surface area contributed by atoms with Gasteiger partial charge in [0.2, 0.25) is 0 Å². The van der Waals surface area contributed by atoms with Crippen molar-refractivity contribution in [3.63, 3.8) is 0 Å². The molecule has 0 atom stereocenters. The number of rotatable bonds is 5. The molecule has 8 aromatic rings. The van der Waals surface area contributed by atoms with Gasteiger partial charge in [-0.25, -0.2) is 0 Å². The lowest BCUT2D eigenvalue weighted by molar-refractivity contribution is 0.645. The van der Waals surface area contributed by atoms with Gasteiger partial charge in [0.05, 0.1) is 0 Å². The van der Waals surface area contributed by atoms with Gasteiger partial charge in [0.15, 0.2) is 0 Å². The molecule has 0 fully saturated rings. The number of para-hydroxylation sites is 1. The average Bonchev–Trinajstić information content (AvgIpc) is 3.43. The molecule has 0 radical (unpaired) electrons. The number of benzene rings is 8. The summed E-state index contributed by atoms with van der Waals surface area (Å²) in [7, 11) is 0. The van der Waals surface area contributed by atoms with E-state index in [-0.39, 0.29) is 10.8 Å².